The van der Waals surface area contributed by atoms with Gasteiger partial charge in [-0.25, -0.2) is 0 Å². The molecule has 1 atom stereocenters. The Kier molecular flexibility index (Phi) is 10.2. The Bertz CT molecular complexity index is 716. The van der Waals surface area contributed by atoms with E-state index in [2.05, 4.69) is 69.3 Å². The smallest absolute Gasteiger partial charge is 0.0162 e. The number of unbranched alkanes of at least 4 members (excludes halogenated alkanes) is 5. The van der Waals surface area contributed by atoms with E-state index in [0.29, 0.717) is 0 Å². The van der Waals surface area contributed by atoms with Crippen LogP contribution in [0.1, 0.15) is 115 Å². The number of hydrogen-bond donors (Lipinski definition) is 0. The van der Waals surface area contributed by atoms with E-state index in [0.717, 1.165) is 17.8 Å². The summed E-state index contributed by atoms with van der Waals surface area (Å²) in [6, 6.07) is 18.8. The lowest BCUT2D eigenvalue weighted by Gasteiger charge is -2.29. The van der Waals surface area contributed by atoms with Gasteiger partial charge in [-0.1, -0.05) is 121 Å². The van der Waals surface area contributed by atoms with Crippen LogP contribution in [0.15, 0.2) is 48.5 Å². The van der Waals surface area contributed by atoms with Gasteiger partial charge in [0, 0.05) is 0 Å². The highest BCUT2D eigenvalue weighted by Gasteiger charge is 2.22. The first-order chi connectivity index (χ1) is 15.2. The molecule has 31 heavy (non-hydrogen) atoms. The van der Waals surface area contributed by atoms with E-state index >= 15 is 0 Å². The monoisotopic (exact) mass is 418 g/mol. The zero-order valence-electron chi connectivity index (χ0n) is 20.5. The van der Waals surface area contributed by atoms with Crippen molar-refractivity contribution in [3.05, 3.63) is 59.7 Å². The third kappa shape index (κ3) is 7.81. The predicted molar refractivity (Wildman–Crippen MR) is 138 cm³/mol. The van der Waals surface area contributed by atoms with Crippen molar-refractivity contribution in [2.75, 3.05) is 0 Å². The van der Waals surface area contributed by atoms with E-state index in [-0.39, 0.29) is 0 Å². The maximum atomic E-state index is 2.40. The van der Waals surface area contributed by atoms with Crippen LogP contribution in [0.25, 0.3) is 11.1 Å². The first-order valence-electron chi connectivity index (χ1n) is 13.4. The number of benzene rings is 2. The minimum absolute atomic E-state index is 0.769. The molecule has 0 heterocycles. The third-order valence-electron chi connectivity index (χ3n) is 7.76. The Morgan fingerprint density at radius 3 is 1.90 bits per heavy atom. The standard InChI is InChI=1S/C31H46/c1-4-6-7-8-9-10-11-26-12-16-28(17-13-26)30-20-22-31(23-21-30)29-18-14-27(15-19-29)24-25(3)5-2/h14-15,18-23,25-26,28H,4-13,16-17,24H2,1-3H3. The largest absolute Gasteiger partial charge is 0.0654 e. The molecule has 1 fully saturated rings. The summed E-state index contributed by atoms with van der Waals surface area (Å²) >= 11 is 0. The maximum Gasteiger partial charge on any atom is -0.0162 e. The molecule has 3 rings (SSSR count). The Labute approximate surface area is 192 Å². The molecule has 1 unspecified atom stereocenters. The molecule has 1 aliphatic carbocycles. The van der Waals surface area contributed by atoms with E-state index in [1.165, 1.54) is 100 Å². The second-order valence-corrected chi connectivity index (χ2v) is 10.3. The highest BCUT2D eigenvalue weighted by atomic mass is 14.3. The van der Waals surface area contributed by atoms with Crippen LogP contribution in [0.5, 0.6) is 0 Å². The lowest BCUT2D eigenvalue weighted by Crippen LogP contribution is -2.13. The van der Waals surface area contributed by atoms with Crippen LogP contribution in [0.2, 0.25) is 0 Å². The van der Waals surface area contributed by atoms with Crippen molar-refractivity contribution in [1.82, 2.24) is 0 Å². The first-order valence-corrected chi connectivity index (χ1v) is 13.4. The van der Waals surface area contributed by atoms with E-state index < -0.39 is 0 Å². The summed E-state index contributed by atoms with van der Waals surface area (Å²) in [7, 11) is 0. The molecule has 0 amide bonds. The molecule has 0 radical (unpaired) electrons. The molecule has 1 saturated carbocycles. The molecule has 2 aromatic rings. The second kappa shape index (κ2) is 13.1. The summed E-state index contributed by atoms with van der Waals surface area (Å²) in [5.74, 6) is 2.55. The van der Waals surface area contributed by atoms with Crippen molar-refractivity contribution >= 4 is 0 Å². The molecular formula is C31H46. The zero-order valence-corrected chi connectivity index (χ0v) is 20.5. The van der Waals surface area contributed by atoms with Crippen molar-refractivity contribution in [2.45, 2.75) is 110 Å². The fraction of sp³-hybridized carbons (Fsp3) is 0.613. The molecule has 0 bridgehead atoms. The average molecular weight is 419 g/mol. The van der Waals surface area contributed by atoms with Crippen molar-refractivity contribution in [3.63, 3.8) is 0 Å². The van der Waals surface area contributed by atoms with Gasteiger partial charge in [0.05, 0.1) is 0 Å². The highest BCUT2D eigenvalue weighted by Crippen LogP contribution is 2.38. The molecule has 0 saturated heterocycles. The predicted octanol–water partition coefficient (Wildman–Crippen LogP) is 9.97. The van der Waals surface area contributed by atoms with Crippen molar-refractivity contribution in [1.29, 1.82) is 0 Å². The van der Waals surface area contributed by atoms with Gasteiger partial charge in [-0.05, 0) is 72.1 Å². The Morgan fingerprint density at radius 2 is 1.29 bits per heavy atom. The summed E-state index contributed by atoms with van der Waals surface area (Å²) in [4.78, 5) is 0. The van der Waals surface area contributed by atoms with Crippen LogP contribution in [-0.4, -0.2) is 0 Å². The van der Waals surface area contributed by atoms with Gasteiger partial charge in [0.25, 0.3) is 0 Å². The van der Waals surface area contributed by atoms with Gasteiger partial charge in [0.1, 0.15) is 0 Å². The molecule has 0 aliphatic heterocycles. The summed E-state index contributed by atoms with van der Waals surface area (Å²) in [6.07, 6.45) is 18.2. The van der Waals surface area contributed by atoms with Gasteiger partial charge in [0.2, 0.25) is 0 Å². The van der Waals surface area contributed by atoms with Crippen LogP contribution in [0.4, 0.5) is 0 Å². The maximum absolute atomic E-state index is 2.40. The van der Waals surface area contributed by atoms with E-state index in [9.17, 15) is 0 Å². The van der Waals surface area contributed by atoms with Crippen LogP contribution < -0.4 is 0 Å². The molecule has 0 N–H and O–H groups in total. The first kappa shape index (κ1) is 24.1. The summed E-state index contributed by atoms with van der Waals surface area (Å²) in [5, 5.41) is 0. The zero-order chi connectivity index (χ0) is 21.9. The highest BCUT2D eigenvalue weighted by molar-refractivity contribution is 5.64. The summed E-state index contributed by atoms with van der Waals surface area (Å²) < 4.78 is 0. The van der Waals surface area contributed by atoms with Gasteiger partial charge < -0.3 is 0 Å². The average Bonchev–Trinajstić information content (AvgIpc) is 2.82. The minimum atomic E-state index is 0.769. The van der Waals surface area contributed by atoms with Crippen LogP contribution in [0, 0.1) is 11.8 Å². The van der Waals surface area contributed by atoms with E-state index in [1.807, 2.05) is 0 Å². The quantitative estimate of drug-likeness (QED) is 0.301. The molecule has 0 aromatic heterocycles. The second-order valence-electron chi connectivity index (χ2n) is 10.3. The van der Waals surface area contributed by atoms with Gasteiger partial charge in [-0.15, -0.1) is 0 Å². The Hall–Kier alpha value is -1.56. The Morgan fingerprint density at radius 1 is 0.710 bits per heavy atom. The fourth-order valence-electron chi connectivity index (χ4n) is 5.33. The molecule has 2 aromatic carbocycles. The van der Waals surface area contributed by atoms with Crippen LogP contribution in [0.3, 0.4) is 0 Å². The van der Waals surface area contributed by atoms with Gasteiger partial charge in [-0.3, -0.25) is 0 Å². The summed E-state index contributed by atoms with van der Waals surface area (Å²) in [5.41, 5.74) is 5.74. The SMILES string of the molecule is CCCCCCCCC1CCC(c2ccc(-c3ccc(CC(C)CC)cc3)cc2)CC1. The fourth-order valence-corrected chi connectivity index (χ4v) is 5.33. The normalized spacial score (nSPS) is 20.0. The van der Waals surface area contributed by atoms with E-state index in [1.54, 1.807) is 5.56 Å². The van der Waals surface area contributed by atoms with Crippen LogP contribution >= 0.6 is 0 Å². The molecule has 0 heteroatoms. The topological polar surface area (TPSA) is 0 Å². The van der Waals surface area contributed by atoms with Gasteiger partial charge in [-0.2, -0.15) is 0 Å². The lowest BCUT2D eigenvalue weighted by atomic mass is 9.77. The molecular weight excluding hydrogens is 372 g/mol. The summed E-state index contributed by atoms with van der Waals surface area (Å²) in [6.45, 7) is 6.93. The molecule has 0 spiro atoms. The molecule has 1 aliphatic rings. The van der Waals surface area contributed by atoms with Gasteiger partial charge >= 0.3 is 0 Å². The van der Waals surface area contributed by atoms with Crippen LogP contribution in [-0.2, 0) is 6.42 Å². The van der Waals surface area contributed by atoms with E-state index in [4.69, 9.17) is 0 Å². The van der Waals surface area contributed by atoms with Crippen molar-refractivity contribution in [3.8, 4) is 11.1 Å². The molecule has 170 valence electrons. The van der Waals surface area contributed by atoms with Crippen molar-refractivity contribution < 1.29 is 0 Å². The van der Waals surface area contributed by atoms with Gasteiger partial charge in [0.15, 0.2) is 0 Å². The Balaban J connectivity index is 1.43. The lowest BCUT2D eigenvalue weighted by molar-refractivity contribution is 0.302. The van der Waals surface area contributed by atoms with Crippen molar-refractivity contribution in [2.24, 2.45) is 11.8 Å². The minimum Gasteiger partial charge on any atom is -0.0654 e. The molecule has 0 nitrogen and oxygen atoms in total. The number of hydrogen-bond acceptors (Lipinski definition) is 0. The third-order valence-corrected chi connectivity index (χ3v) is 7.76. The number of rotatable bonds is 12.